The molecule has 1 rings (SSSR count). The minimum absolute atomic E-state index is 0.112. The van der Waals surface area contributed by atoms with E-state index in [9.17, 15) is 4.79 Å². The van der Waals surface area contributed by atoms with E-state index < -0.39 is 11.5 Å². The number of hydrogen-bond donors (Lipinski definition) is 3. The predicted octanol–water partition coefficient (Wildman–Crippen LogP) is -1.14. The third-order valence-electron chi connectivity index (χ3n) is 2.25. The van der Waals surface area contributed by atoms with Gasteiger partial charge in [-0.15, -0.1) is 0 Å². The van der Waals surface area contributed by atoms with Crippen molar-refractivity contribution in [1.29, 1.82) is 0 Å². The van der Waals surface area contributed by atoms with Crippen LogP contribution < -0.4 is 5.43 Å². The van der Waals surface area contributed by atoms with E-state index in [1.165, 1.54) is 0 Å². The van der Waals surface area contributed by atoms with Crippen LogP contribution in [0.5, 0.6) is 0 Å². The van der Waals surface area contributed by atoms with Crippen LogP contribution in [0.1, 0.15) is 6.92 Å². The molecule has 0 saturated carbocycles. The van der Waals surface area contributed by atoms with Crippen molar-refractivity contribution in [2.24, 2.45) is 0 Å². The lowest BCUT2D eigenvalue weighted by Gasteiger charge is -2.28. The van der Waals surface area contributed by atoms with Gasteiger partial charge in [0.05, 0.1) is 19.3 Å². The number of carbonyl (C=O) groups is 1. The molecule has 88 valence electrons. The van der Waals surface area contributed by atoms with Crippen molar-refractivity contribution in [2.75, 3.05) is 19.7 Å². The maximum atomic E-state index is 10.6. The van der Waals surface area contributed by atoms with Crippen LogP contribution in [0, 0.1) is 0 Å². The highest BCUT2D eigenvalue weighted by molar-refractivity contribution is 7.59. The maximum absolute atomic E-state index is 10.6. The van der Waals surface area contributed by atoms with Crippen molar-refractivity contribution in [3.05, 3.63) is 0 Å². The predicted molar refractivity (Wildman–Crippen MR) is 53.4 cm³/mol. The quantitative estimate of drug-likeness (QED) is 0.314. The lowest BCUT2D eigenvalue weighted by Crippen LogP contribution is -2.42. The third-order valence-corrected chi connectivity index (χ3v) is 2.63. The average Bonchev–Trinajstić information content (AvgIpc) is 2.42. The number of aliphatic carboxylic acids is 1. The second-order valence-electron chi connectivity index (χ2n) is 3.21. The Labute approximate surface area is 92.9 Å². The number of nitrogens with zero attached hydrogens (tertiary/aromatic N) is 2. The van der Waals surface area contributed by atoms with Crippen LogP contribution in [0.15, 0.2) is 0 Å². The molecule has 1 aliphatic rings. The van der Waals surface area contributed by atoms with Crippen LogP contribution in [-0.2, 0) is 22.3 Å². The molecule has 0 spiro atoms. The number of carboxylic acid groups (broad SMARTS) is 1. The summed E-state index contributed by atoms with van der Waals surface area (Å²) in [4.78, 5) is 16.1. The molecule has 1 fully saturated rings. The zero-order valence-electron chi connectivity index (χ0n) is 8.29. The van der Waals surface area contributed by atoms with Crippen LogP contribution in [-0.4, -0.2) is 57.6 Å². The molecule has 3 N–H and O–H groups in total. The monoisotopic (exact) mass is 236 g/mol. The van der Waals surface area contributed by atoms with Gasteiger partial charge in [-0.1, -0.05) is 0 Å². The Morgan fingerprint density at radius 2 is 2.33 bits per heavy atom. The molecule has 1 heterocycles. The molecule has 15 heavy (non-hydrogen) atoms. The van der Waals surface area contributed by atoms with Gasteiger partial charge in [0.2, 0.25) is 0 Å². The van der Waals surface area contributed by atoms with Gasteiger partial charge in [-0.05, 0) is 12.4 Å². The summed E-state index contributed by atoms with van der Waals surface area (Å²) in [6.07, 6.45) is -0.140. The minimum Gasteiger partial charge on any atom is -0.757 e. The first-order valence-corrected chi connectivity index (χ1v) is 4.96. The van der Waals surface area contributed by atoms with Crippen molar-refractivity contribution < 1.29 is 20.0 Å². The smallest absolute Gasteiger partial charge is 0.317 e. The van der Waals surface area contributed by atoms with E-state index in [-0.39, 0.29) is 19.3 Å². The molecule has 7 nitrogen and oxygen atoms in total. The van der Waals surface area contributed by atoms with Gasteiger partial charge in [-0.25, -0.2) is 9.90 Å². The fourth-order valence-corrected chi connectivity index (χ4v) is 1.85. The fraction of sp³-hybridized carbons (Fsp3) is 0.857. The van der Waals surface area contributed by atoms with Crippen LogP contribution in [0.4, 0.5) is 0 Å². The standard InChI is InChI=1S/C7H15N3O4S/c1-5-9(4-6(11)12)7(15)8-10(5)2-3-14-13/h5,7-8,13,15H,2-4H2,1H3,(H,11,12)/p-1. The summed E-state index contributed by atoms with van der Waals surface area (Å²) in [6, 6.07) is 0. The van der Waals surface area contributed by atoms with E-state index in [2.05, 4.69) is 10.3 Å². The molecule has 2 unspecified atom stereocenters. The number of nitrogens with one attached hydrogen (secondary N) is 1. The van der Waals surface area contributed by atoms with E-state index in [1.807, 2.05) is 6.92 Å². The first-order chi connectivity index (χ1) is 7.06. The first-order valence-electron chi connectivity index (χ1n) is 4.48. The molecule has 1 aliphatic heterocycles. The molecule has 0 aromatic carbocycles. The zero-order chi connectivity index (χ0) is 11.4. The Balaban J connectivity index is 2.49. The average molecular weight is 236 g/mol. The molecule has 1 saturated heterocycles. The first kappa shape index (κ1) is 12.7. The van der Waals surface area contributed by atoms with E-state index in [0.29, 0.717) is 6.54 Å². The van der Waals surface area contributed by atoms with E-state index in [4.69, 9.17) is 23.0 Å². The number of hydrazine groups is 1. The van der Waals surface area contributed by atoms with Crippen molar-refractivity contribution >= 4 is 18.6 Å². The molecular formula is C7H14N3O4S-. The van der Waals surface area contributed by atoms with Gasteiger partial charge in [0.15, 0.2) is 0 Å². The largest absolute Gasteiger partial charge is 0.757 e. The molecular weight excluding hydrogens is 222 g/mol. The van der Waals surface area contributed by atoms with Gasteiger partial charge in [0.25, 0.3) is 0 Å². The molecule has 0 amide bonds. The Morgan fingerprint density at radius 3 is 2.87 bits per heavy atom. The molecule has 0 radical (unpaired) electrons. The molecule has 0 aliphatic carbocycles. The highest BCUT2D eigenvalue weighted by Gasteiger charge is 2.30. The van der Waals surface area contributed by atoms with Crippen LogP contribution in [0.3, 0.4) is 0 Å². The molecule has 8 heteroatoms. The summed E-state index contributed by atoms with van der Waals surface area (Å²) in [5, 5.41) is 18.6. The Morgan fingerprint density at radius 1 is 1.67 bits per heavy atom. The number of carboxylic acids is 1. The molecule has 0 bridgehead atoms. The summed E-state index contributed by atoms with van der Waals surface area (Å²) in [5.41, 5.74) is 2.46. The Bertz CT molecular complexity index is 230. The highest BCUT2D eigenvalue weighted by Crippen LogP contribution is 2.14. The van der Waals surface area contributed by atoms with Crippen molar-refractivity contribution in [3.8, 4) is 0 Å². The SMILES string of the molecule is CC1N(CCOO)NC([S-])N1CC(=O)O. The zero-order valence-corrected chi connectivity index (χ0v) is 9.11. The van der Waals surface area contributed by atoms with E-state index >= 15 is 0 Å². The summed E-state index contributed by atoms with van der Waals surface area (Å²) < 4.78 is 0. The maximum Gasteiger partial charge on any atom is 0.317 e. The molecule has 0 aromatic rings. The molecule has 2 atom stereocenters. The van der Waals surface area contributed by atoms with Crippen LogP contribution in [0.2, 0.25) is 0 Å². The van der Waals surface area contributed by atoms with Crippen molar-refractivity contribution in [2.45, 2.75) is 18.6 Å². The normalized spacial score (nSPS) is 28.5. The number of rotatable bonds is 5. The third kappa shape index (κ3) is 3.30. The van der Waals surface area contributed by atoms with Gasteiger partial charge in [0, 0.05) is 6.54 Å². The van der Waals surface area contributed by atoms with Gasteiger partial charge in [0.1, 0.15) is 0 Å². The van der Waals surface area contributed by atoms with Crippen molar-refractivity contribution in [3.63, 3.8) is 0 Å². The fourth-order valence-electron chi connectivity index (χ4n) is 1.46. The number of hydrogen-bond acceptors (Lipinski definition) is 7. The van der Waals surface area contributed by atoms with Crippen LogP contribution in [0.25, 0.3) is 0 Å². The van der Waals surface area contributed by atoms with Gasteiger partial charge >= 0.3 is 5.97 Å². The minimum atomic E-state index is -0.918. The molecule has 0 aromatic heterocycles. The van der Waals surface area contributed by atoms with E-state index in [0.717, 1.165) is 0 Å². The Hall–Kier alpha value is -0.380. The Kier molecular flexibility index (Phi) is 4.77. The topological polar surface area (TPSA) is 85.3 Å². The summed E-state index contributed by atoms with van der Waals surface area (Å²) in [6.45, 7) is 2.29. The van der Waals surface area contributed by atoms with Gasteiger partial charge in [-0.3, -0.25) is 20.4 Å². The lowest BCUT2D eigenvalue weighted by molar-refractivity contribution is -0.245. The summed E-state index contributed by atoms with van der Waals surface area (Å²) in [7, 11) is 0. The van der Waals surface area contributed by atoms with E-state index in [1.54, 1.807) is 9.91 Å². The summed E-state index contributed by atoms with van der Waals surface area (Å²) in [5.74, 6) is -0.918. The summed E-state index contributed by atoms with van der Waals surface area (Å²) >= 11 is 5.05. The second-order valence-corrected chi connectivity index (χ2v) is 3.65. The van der Waals surface area contributed by atoms with Gasteiger partial charge < -0.3 is 17.7 Å². The van der Waals surface area contributed by atoms with Crippen LogP contribution >= 0.6 is 0 Å². The highest BCUT2D eigenvalue weighted by atomic mass is 32.1. The second kappa shape index (κ2) is 5.64. The lowest BCUT2D eigenvalue weighted by atomic mass is 10.4. The van der Waals surface area contributed by atoms with Gasteiger partial charge in [-0.2, -0.15) is 0 Å². The van der Waals surface area contributed by atoms with Crippen molar-refractivity contribution in [1.82, 2.24) is 15.3 Å².